The normalized spacial score (nSPS) is 31.0. The second-order valence-electron chi connectivity index (χ2n) is 6.97. The molecule has 5 heterocycles. The Morgan fingerprint density at radius 3 is 2.78 bits per heavy atom. The highest BCUT2D eigenvalue weighted by molar-refractivity contribution is 14.1. The van der Waals surface area contributed by atoms with Gasteiger partial charge in [-0.25, -0.2) is 0 Å². The molecule has 122 valence electrons. The lowest BCUT2D eigenvalue weighted by Crippen LogP contribution is -3.00. The van der Waals surface area contributed by atoms with Crippen LogP contribution in [-0.2, 0) is 0 Å². The Hall–Kier alpha value is 0.250. The van der Waals surface area contributed by atoms with Crippen molar-refractivity contribution in [2.75, 3.05) is 18.0 Å². The molecular formula is C17H19I2N3S. The SMILES string of the molecule is N#Cc1cc2c([n+]3c1S[C@@H]1CCC[C@@H](I)[C@@H]13)C1CCN2CC1.[I-]. The lowest BCUT2D eigenvalue weighted by atomic mass is 9.84. The monoisotopic (exact) mass is 551 g/mol. The molecule has 1 aromatic heterocycles. The van der Waals surface area contributed by atoms with Gasteiger partial charge in [-0.15, -0.1) is 0 Å². The van der Waals surface area contributed by atoms with Crippen LogP contribution in [0.25, 0.3) is 0 Å². The van der Waals surface area contributed by atoms with Gasteiger partial charge in [0.2, 0.25) is 5.69 Å². The molecule has 23 heavy (non-hydrogen) atoms. The smallest absolute Gasteiger partial charge is 0.259 e. The summed E-state index contributed by atoms with van der Waals surface area (Å²) < 4.78 is 3.35. The van der Waals surface area contributed by atoms with E-state index in [-0.39, 0.29) is 24.0 Å². The van der Waals surface area contributed by atoms with Crippen molar-refractivity contribution in [2.45, 2.75) is 58.3 Å². The maximum Gasteiger partial charge on any atom is 0.259 e. The highest BCUT2D eigenvalue weighted by Gasteiger charge is 2.53. The van der Waals surface area contributed by atoms with Crippen LogP contribution in [0.5, 0.6) is 0 Å². The van der Waals surface area contributed by atoms with Crippen molar-refractivity contribution in [2.24, 2.45) is 0 Å². The van der Waals surface area contributed by atoms with Gasteiger partial charge in [0.25, 0.3) is 5.03 Å². The number of rotatable bonds is 0. The van der Waals surface area contributed by atoms with Crippen LogP contribution in [0.1, 0.15) is 55.3 Å². The zero-order chi connectivity index (χ0) is 14.8. The van der Waals surface area contributed by atoms with Crippen molar-refractivity contribution in [3.8, 4) is 6.07 Å². The van der Waals surface area contributed by atoms with E-state index < -0.39 is 0 Å². The molecule has 5 aliphatic rings. The van der Waals surface area contributed by atoms with E-state index >= 15 is 0 Å². The molecule has 4 aliphatic heterocycles. The van der Waals surface area contributed by atoms with E-state index in [9.17, 15) is 5.26 Å². The number of nitriles is 1. The Bertz CT molecular complexity index is 694. The third-order valence-electron chi connectivity index (χ3n) is 5.88. The number of pyridine rings is 1. The largest absolute Gasteiger partial charge is 1.00 e. The first-order valence-corrected chi connectivity index (χ1v) is 10.5. The van der Waals surface area contributed by atoms with Crippen LogP contribution < -0.4 is 33.4 Å². The number of piperidine rings is 1. The Morgan fingerprint density at radius 1 is 1.26 bits per heavy atom. The zero-order valence-corrected chi connectivity index (χ0v) is 18.0. The molecule has 0 aromatic carbocycles. The number of hydrogen-bond acceptors (Lipinski definition) is 3. The van der Waals surface area contributed by atoms with Crippen molar-refractivity contribution in [3.05, 3.63) is 17.3 Å². The number of alkyl halides is 1. The third kappa shape index (κ3) is 2.35. The number of halogens is 2. The minimum Gasteiger partial charge on any atom is -1.00 e. The van der Waals surface area contributed by atoms with Crippen molar-refractivity contribution >= 4 is 40.0 Å². The highest BCUT2D eigenvalue weighted by atomic mass is 127. The van der Waals surface area contributed by atoms with Crippen LogP contribution in [0.2, 0.25) is 0 Å². The molecule has 6 rings (SSSR count). The van der Waals surface area contributed by atoms with E-state index in [2.05, 4.69) is 44.2 Å². The van der Waals surface area contributed by atoms with E-state index in [1.165, 1.54) is 55.9 Å². The molecule has 1 saturated heterocycles. The number of thioether (sulfide) groups is 1. The fraction of sp³-hybridized carbons (Fsp3) is 0.647. The first-order valence-electron chi connectivity index (χ1n) is 8.36. The van der Waals surface area contributed by atoms with Gasteiger partial charge in [0, 0.05) is 19.0 Å². The molecule has 1 saturated carbocycles. The molecule has 0 radical (unpaired) electrons. The summed E-state index contributed by atoms with van der Waals surface area (Å²) in [5.74, 6) is 0.719. The van der Waals surface area contributed by atoms with Gasteiger partial charge in [0.15, 0.2) is 6.04 Å². The van der Waals surface area contributed by atoms with E-state index in [1.54, 1.807) is 5.69 Å². The zero-order valence-electron chi connectivity index (χ0n) is 12.8. The summed E-state index contributed by atoms with van der Waals surface area (Å²) in [6.45, 7) is 2.35. The second kappa shape index (κ2) is 6.20. The highest BCUT2D eigenvalue weighted by Crippen LogP contribution is 2.50. The van der Waals surface area contributed by atoms with E-state index in [1.807, 2.05) is 11.8 Å². The quantitative estimate of drug-likeness (QED) is 0.269. The predicted molar refractivity (Wildman–Crippen MR) is 95.9 cm³/mol. The summed E-state index contributed by atoms with van der Waals surface area (Å²) in [6.07, 6.45) is 6.58. The van der Waals surface area contributed by atoms with Crippen LogP contribution in [-0.4, -0.2) is 22.3 Å². The molecule has 2 bridgehead atoms. The average molecular weight is 551 g/mol. The molecule has 0 spiro atoms. The Morgan fingerprint density at radius 2 is 2.04 bits per heavy atom. The number of fused-ring (bicyclic) bond motifs is 5. The predicted octanol–water partition coefficient (Wildman–Crippen LogP) is 0.550. The van der Waals surface area contributed by atoms with Crippen molar-refractivity contribution in [3.63, 3.8) is 0 Å². The summed E-state index contributed by atoms with van der Waals surface area (Å²) in [7, 11) is 0. The molecule has 3 nitrogen and oxygen atoms in total. The Balaban J connectivity index is 0.00000135. The van der Waals surface area contributed by atoms with Crippen molar-refractivity contribution < 1.29 is 28.5 Å². The first-order chi connectivity index (χ1) is 10.8. The molecule has 1 aliphatic carbocycles. The van der Waals surface area contributed by atoms with E-state index in [0.29, 0.717) is 15.2 Å². The summed E-state index contributed by atoms with van der Waals surface area (Å²) in [6, 6.07) is 5.29. The van der Waals surface area contributed by atoms with Gasteiger partial charge in [-0.1, -0.05) is 29.0 Å². The standard InChI is InChI=1S/C17H19IN3S.HI/c18-12-2-1-3-14-16(12)21-15-10-4-6-20(7-5-10)13(15)8-11(9-19)17(21)22-14;/h8,10,12,14,16H,1-7H2;1H/q+1;/p-1/t12-,14-,16+;/m1./s1. The third-order valence-corrected chi connectivity index (χ3v) is 8.69. The van der Waals surface area contributed by atoms with Crippen LogP contribution in [0.4, 0.5) is 5.69 Å². The number of nitrogens with zero attached hydrogens (tertiary/aromatic N) is 3. The number of aromatic nitrogens is 1. The topological polar surface area (TPSA) is 30.9 Å². The molecule has 0 unspecified atom stereocenters. The first kappa shape index (κ1) is 16.7. The van der Waals surface area contributed by atoms with E-state index in [4.69, 9.17) is 0 Å². The minimum atomic E-state index is 0. The van der Waals surface area contributed by atoms with Gasteiger partial charge >= 0.3 is 0 Å². The van der Waals surface area contributed by atoms with Gasteiger partial charge in [0.05, 0.1) is 9.17 Å². The molecule has 1 aromatic rings. The van der Waals surface area contributed by atoms with Crippen LogP contribution in [0.3, 0.4) is 0 Å². The fourth-order valence-corrected chi connectivity index (χ4v) is 8.01. The summed E-state index contributed by atoms with van der Waals surface area (Å²) in [5, 5.41) is 11.6. The maximum absolute atomic E-state index is 9.68. The van der Waals surface area contributed by atoms with Crippen molar-refractivity contribution in [1.82, 2.24) is 0 Å². The number of hydrogen-bond donors (Lipinski definition) is 0. The molecular weight excluding hydrogens is 532 g/mol. The Kier molecular flexibility index (Phi) is 4.50. The van der Waals surface area contributed by atoms with Gasteiger partial charge < -0.3 is 28.9 Å². The van der Waals surface area contributed by atoms with Crippen LogP contribution in [0.15, 0.2) is 11.1 Å². The van der Waals surface area contributed by atoms with Crippen LogP contribution in [0, 0.1) is 11.3 Å². The summed E-state index contributed by atoms with van der Waals surface area (Å²) in [5.41, 5.74) is 3.85. The second-order valence-corrected chi connectivity index (χ2v) is 9.80. The van der Waals surface area contributed by atoms with Gasteiger partial charge in [-0.05, 0) is 43.5 Å². The van der Waals surface area contributed by atoms with Crippen LogP contribution >= 0.6 is 34.4 Å². The molecule has 3 atom stereocenters. The molecule has 0 amide bonds. The summed E-state index contributed by atoms with van der Waals surface area (Å²) >= 11 is 4.66. The van der Waals surface area contributed by atoms with Gasteiger partial charge in [-0.2, -0.15) is 9.83 Å². The van der Waals surface area contributed by atoms with Gasteiger partial charge in [0.1, 0.15) is 17.3 Å². The maximum atomic E-state index is 9.68. The molecule has 0 N–H and O–H groups in total. The summed E-state index contributed by atoms with van der Waals surface area (Å²) in [4.78, 5) is 2.52. The minimum absolute atomic E-state index is 0. The van der Waals surface area contributed by atoms with E-state index in [0.717, 1.165) is 11.5 Å². The van der Waals surface area contributed by atoms with Crippen molar-refractivity contribution in [1.29, 1.82) is 5.26 Å². The lowest BCUT2D eigenvalue weighted by molar-refractivity contribution is -0.757. The molecule has 2 fully saturated rings. The lowest BCUT2D eigenvalue weighted by Gasteiger charge is -2.40. The fourth-order valence-electron chi connectivity index (χ4n) is 4.87. The molecule has 6 heteroatoms. The number of anilines is 1. The Labute approximate surface area is 172 Å². The average Bonchev–Trinajstić information content (AvgIpc) is 2.96. The van der Waals surface area contributed by atoms with Gasteiger partial charge in [-0.3, -0.25) is 0 Å².